The summed E-state index contributed by atoms with van der Waals surface area (Å²) >= 11 is 0. The second-order valence-electron chi connectivity index (χ2n) is 10.7. The van der Waals surface area contributed by atoms with Crippen molar-refractivity contribution in [2.24, 2.45) is 5.73 Å². The second kappa shape index (κ2) is 11.7. The van der Waals surface area contributed by atoms with Crippen molar-refractivity contribution in [1.82, 2.24) is 15.5 Å². The predicted octanol–water partition coefficient (Wildman–Crippen LogP) is 3.83. The first kappa shape index (κ1) is 27.9. The highest BCUT2D eigenvalue weighted by Crippen LogP contribution is 2.30. The van der Waals surface area contributed by atoms with E-state index in [0.717, 1.165) is 33.5 Å². The van der Waals surface area contributed by atoms with Crippen LogP contribution in [0.4, 0.5) is 10.5 Å². The van der Waals surface area contributed by atoms with Crippen molar-refractivity contribution < 1.29 is 14.4 Å². The first-order valence-corrected chi connectivity index (χ1v) is 13.2. The van der Waals surface area contributed by atoms with Gasteiger partial charge in [-0.25, -0.2) is 4.79 Å². The lowest BCUT2D eigenvalue weighted by Gasteiger charge is -2.28. The third-order valence-electron chi connectivity index (χ3n) is 6.90. The van der Waals surface area contributed by atoms with Crippen LogP contribution in [-0.2, 0) is 29.1 Å². The molecule has 1 aliphatic rings. The normalized spacial score (nSPS) is 15.3. The van der Waals surface area contributed by atoms with E-state index in [1.165, 1.54) is 4.90 Å². The Bertz CT molecular complexity index is 1340. The highest BCUT2D eigenvalue weighted by Gasteiger charge is 2.34. The molecule has 0 saturated carbocycles. The molecule has 3 aromatic carbocycles. The van der Waals surface area contributed by atoms with Crippen molar-refractivity contribution >= 4 is 23.5 Å². The standard InChI is InChI=1S/C31H37N5O3/c1-31(2,32)29(38)34-26-18-17-23-9-6-8-12-27(23)36(28(26)37)20-21-13-15-22(16-14-21)25-11-7-5-10-24(25)19-33-30(39)35(3)4/h5-16,26H,17-20,32H2,1-4H3,(H,33,39)(H,34,38)/t26-/m1/s1. The fourth-order valence-electron chi connectivity index (χ4n) is 4.61. The highest BCUT2D eigenvalue weighted by atomic mass is 16.2. The van der Waals surface area contributed by atoms with Gasteiger partial charge in [-0.3, -0.25) is 9.59 Å². The number of anilines is 1. The number of aryl methyl sites for hydroxylation is 1. The zero-order valence-electron chi connectivity index (χ0n) is 23.0. The van der Waals surface area contributed by atoms with E-state index < -0.39 is 11.6 Å². The molecule has 8 nitrogen and oxygen atoms in total. The number of nitrogens with zero attached hydrogens (tertiary/aromatic N) is 2. The van der Waals surface area contributed by atoms with E-state index >= 15 is 0 Å². The van der Waals surface area contributed by atoms with Gasteiger partial charge in [0.05, 0.1) is 12.1 Å². The van der Waals surface area contributed by atoms with E-state index in [-0.39, 0.29) is 17.8 Å². The van der Waals surface area contributed by atoms with Crippen LogP contribution >= 0.6 is 0 Å². The van der Waals surface area contributed by atoms with Crippen molar-refractivity contribution in [2.75, 3.05) is 19.0 Å². The summed E-state index contributed by atoms with van der Waals surface area (Å²) in [5.41, 5.74) is 10.9. The molecule has 1 aliphatic heterocycles. The number of carbonyl (C=O) groups is 3. The van der Waals surface area contributed by atoms with Gasteiger partial charge < -0.3 is 26.2 Å². The molecule has 4 amide bonds. The topological polar surface area (TPSA) is 108 Å². The molecule has 8 heteroatoms. The number of benzene rings is 3. The summed E-state index contributed by atoms with van der Waals surface area (Å²) in [5, 5.41) is 5.80. The van der Waals surface area contributed by atoms with Gasteiger partial charge in [0.2, 0.25) is 11.8 Å². The van der Waals surface area contributed by atoms with E-state index in [1.807, 2.05) is 72.8 Å². The molecule has 0 saturated heterocycles. The van der Waals surface area contributed by atoms with E-state index in [4.69, 9.17) is 5.73 Å². The summed E-state index contributed by atoms with van der Waals surface area (Å²) in [6.45, 7) is 4.05. The number of nitrogens with one attached hydrogen (secondary N) is 2. The molecule has 0 bridgehead atoms. The van der Waals surface area contributed by atoms with Gasteiger partial charge in [0.25, 0.3) is 0 Å². The Morgan fingerprint density at radius 2 is 1.67 bits per heavy atom. The van der Waals surface area contributed by atoms with E-state index in [0.29, 0.717) is 25.9 Å². The number of fused-ring (bicyclic) bond motifs is 1. The molecule has 0 aromatic heterocycles. The molecular formula is C31H37N5O3. The Balaban J connectivity index is 1.57. The fourth-order valence-corrected chi connectivity index (χ4v) is 4.61. The number of carbonyl (C=O) groups excluding carboxylic acids is 3. The third-order valence-corrected chi connectivity index (χ3v) is 6.90. The van der Waals surface area contributed by atoms with Crippen LogP contribution < -0.4 is 21.3 Å². The Hall–Kier alpha value is -4.17. The van der Waals surface area contributed by atoms with Gasteiger partial charge in [-0.1, -0.05) is 66.7 Å². The van der Waals surface area contributed by atoms with E-state index in [9.17, 15) is 14.4 Å². The minimum absolute atomic E-state index is 0.146. The fraction of sp³-hybridized carbons (Fsp3) is 0.323. The summed E-state index contributed by atoms with van der Waals surface area (Å²) in [6.07, 6.45) is 1.18. The molecule has 0 fully saturated rings. The van der Waals surface area contributed by atoms with Gasteiger partial charge in [0, 0.05) is 26.3 Å². The molecule has 0 aliphatic carbocycles. The first-order valence-electron chi connectivity index (χ1n) is 13.2. The van der Waals surface area contributed by atoms with Crippen LogP contribution in [0.25, 0.3) is 11.1 Å². The van der Waals surface area contributed by atoms with Gasteiger partial charge in [-0.15, -0.1) is 0 Å². The lowest BCUT2D eigenvalue weighted by molar-refractivity contribution is -0.130. The smallest absolute Gasteiger partial charge is 0.317 e. The summed E-state index contributed by atoms with van der Waals surface area (Å²) < 4.78 is 0. The maximum Gasteiger partial charge on any atom is 0.317 e. The molecule has 204 valence electrons. The summed E-state index contributed by atoms with van der Waals surface area (Å²) in [4.78, 5) is 41.6. The van der Waals surface area contributed by atoms with Crippen molar-refractivity contribution in [3.05, 3.63) is 89.5 Å². The number of para-hydroxylation sites is 1. The summed E-state index contributed by atoms with van der Waals surface area (Å²) in [5.74, 6) is -0.500. The third kappa shape index (κ3) is 6.64. The lowest BCUT2D eigenvalue weighted by atomic mass is 9.98. The Kier molecular flexibility index (Phi) is 8.35. The second-order valence-corrected chi connectivity index (χ2v) is 10.7. The van der Waals surface area contributed by atoms with Crippen molar-refractivity contribution in [3.63, 3.8) is 0 Å². The molecular weight excluding hydrogens is 490 g/mol. The van der Waals surface area contributed by atoms with Gasteiger partial charge in [-0.05, 0) is 60.6 Å². The Labute approximate surface area is 230 Å². The summed E-state index contributed by atoms with van der Waals surface area (Å²) in [6, 6.07) is 23.1. The number of urea groups is 1. The molecule has 4 rings (SSSR count). The minimum Gasteiger partial charge on any atom is -0.343 e. The van der Waals surface area contributed by atoms with Gasteiger partial charge >= 0.3 is 6.03 Å². The van der Waals surface area contributed by atoms with Crippen molar-refractivity contribution in [1.29, 1.82) is 0 Å². The zero-order valence-corrected chi connectivity index (χ0v) is 23.0. The summed E-state index contributed by atoms with van der Waals surface area (Å²) in [7, 11) is 3.42. The number of hydrogen-bond donors (Lipinski definition) is 3. The highest BCUT2D eigenvalue weighted by molar-refractivity contribution is 6.01. The molecule has 1 atom stereocenters. The van der Waals surface area contributed by atoms with Gasteiger partial charge in [-0.2, -0.15) is 0 Å². The quantitative estimate of drug-likeness (QED) is 0.434. The number of hydrogen-bond acceptors (Lipinski definition) is 4. The molecule has 39 heavy (non-hydrogen) atoms. The number of nitrogens with two attached hydrogens (primary N) is 1. The molecule has 3 aromatic rings. The van der Waals surface area contributed by atoms with Gasteiger partial charge in [0.1, 0.15) is 6.04 Å². The van der Waals surface area contributed by atoms with Crippen molar-refractivity contribution in [2.45, 2.75) is 51.4 Å². The maximum absolute atomic E-state index is 13.7. The van der Waals surface area contributed by atoms with Crippen LogP contribution in [0.1, 0.15) is 37.0 Å². The Morgan fingerprint density at radius 3 is 2.36 bits per heavy atom. The van der Waals surface area contributed by atoms with Gasteiger partial charge in [0.15, 0.2) is 0 Å². The number of amides is 4. The van der Waals surface area contributed by atoms with Crippen LogP contribution in [-0.4, -0.2) is 48.4 Å². The molecule has 0 unspecified atom stereocenters. The Morgan fingerprint density at radius 1 is 1.00 bits per heavy atom. The molecule has 1 heterocycles. The predicted molar refractivity (Wildman–Crippen MR) is 154 cm³/mol. The van der Waals surface area contributed by atoms with Crippen LogP contribution in [0.2, 0.25) is 0 Å². The largest absolute Gasteiger partial charge is 0.343 e. The SMILES string of the molecule is CN(C)C(=O)NCc1ccccc1-c1ccc(CN2C(=O)[C@H](NC(=O)C(C)(C)N)CCc3ccccc32)cc1. The van der Waals surface area contributed by atoms with Crippen LogP contribution in [0.5, 0.6) is 0 Å². The first-order chi connectivity index (χ1) is 18.5. The monoisotopic (exact) mass is 527 g/mol. The van der Waals surface area contributed by atoms with Crippen LogP contribution in [0.3, 0.4) is 0 Å². The average molecular weight is 528 g/mol. The van der Waals surface area contributed by atoms with Crippen molar-refractivity contribution in [3.8, 4) is 11.1 Å². The molecule has 0 radical (unpaired) electrons. The van der Waals surface area contributed by atoms with Crippen LogP contribution in [0.15, 0.2) is 72.8 Å². The molecule has 0 spiro atoms. The lowest BCUT2D eigenvalue weighted by Crippen LogP contribution is -2.56. The zero-order chi connectivity index (χ0) is 28.2. The maximum atomic E-state index is 13.7. The van der Waals surface area contributed by atoms with Crippen LogP contribution in [0, 0.1) is 0 Å². The minimum atomic E-state index is -1.08. The average Bonchev–Trinajstić information content (AvgIpc) is 3.04. The van der Waals surface area contributed by atoms with E-state index in [2.05, 4.69) is 10.6 Å². The van der Waals surface area contributed by atoms with E-state index in [1.54, 1.807) is 32.8 Å². The molecule has 4 N–H and O–H groups in total. The number of rotatable bonds is 7.